The fourth-order valence-electron chi connectivity index (χ4n) is 1.07. The van der Waals surface area contributed by atoms with Crippen molar-refractivity contribution in [1.82, 2.24) is 0 Å². The number of esters is 1. The van der Waals surface area contributed by atoms with Crippen LogP contribution in [-0.2, 0) is 4.79 Å². The lowest BCUT2D eigenvalue weighted by Crippen LogP contribution is -2.14. The molecule has 1 aromatic carbocycles. The highest BCUT2D eigenvalue weighted by Crippen LogP contribution is 2.18. The van der Waals surface area contributed by atoms with Crippen LogP contribution in [0.4, 0.5) is 0 Å². The number of benzene rings is 1. The minimum atomic E-state index is -0.348. The molecule has 0 aliphatic rings. The number of hydrogen-bond acceptors (Lipinski definition) is 2. The number of hydrogen-bond donors (Lipinski definition) is 0. The van der Waals surface area contributed by atoms with Crippen molar-refractivity contribution < 1.29 is 9.53 Å². The molecule has 15 heavy (non-hydrogen) atoms. The average molecular weight is 204 g/mol. The van der Waals surface area contributed by atoms with E-state index in [0.29, 0.717) is 11.3 Å². The maximum atomic E-state index is 11.6. The third-order valence-corrected chi connectivity index (χ3v) is 2.26. The van der Waals surface area contributed by atoms with Gasteiger partial charge in [0, 0.05) is 5.57 Å². The minimum absolute atomic E-state index is 0.113. The van der Waals surface area contributed by atoms with Gasteiger partial charge in [-0.2, -0.15) is 0 Å². The van der Waals surface area contributed by atoms with Crippen molar-refractivity contribution in [3.8, 4) is 5.75 Å². The van der Waals surface area contributed by atoms with Crippen LogP contribution >= 0.6 is 0 Å². The molecule has 0 saturated carbocycles. The molecule has 0 radical (unpaired) electrons. The van der Waals surface area contributed by atoms with Gasteiger partial charge in [-0.05, 0) is 24.5 Å². The van der Waals surface area contributed by atoms with E-state index in [2.05, 4.69) is 6.58 Å². The molecular formula is C13H16O2. The van der Waals surface area contributed by atoms with Crippen LogP contribution in [0.25, 0.3) is 0 Å². The van der Waals surface area contributed by atoms with Crippen LogP contribution < -0.4 is 4.74 Å². The van der Waals surface area contributed by atoms with Crippen molar-refractivity contribution in [2.24, 2.45) is 5.92 Å². The normalized spacial score (nSPS) is 10.1. The Morgan fingerprint density at radius 2 is 1.93 bits per heavy atom. The molecule has 0 unspecified atom stereocenters. The van der Waals surface area contributed by atoms with Gasteiger partial charge in [0.25, 0.3) is 0 Å². The van der Waals surface area contributed by atoms with Gasteiger partial charge >= 0.3 is 5.97 Å². The fraction of sp³-hybridized carbons (Fsp3) is 0.308. The Balaban J connectivity index is 2.75. The molecule has 0 heterocycles. The number of ether oxygens (including phenoxy) is 1. The smallest absolute Gasteiger partial charge is 0.339 e. The molecular weight excluding hydrogens is 188 g/mol. The van der Waals surface area contributed by atoms with Crippen LogP contribution in [0.5, 0.6) is 5.75 Å². The van der Waals surface area contributed by atoms with E-state index in [1.54, 1.807) is 6.07 Å². The van der Waals surface area contributed by atoms with E-state index < -0.39 is 0 Å². The molecule has 0 bridgehead atoms. The molecule has 0 aliphatic heterocycles. The van der Waals surface area contributed by atoms with Crippen LogP contribution in [0.2, 0.25) is 0 Å². The van der Waals surface area contributed by atoms with Crippen molar-refractivity contribution in [2.45, 2.75) is 20.8 Å². The molecule has 0 saturated heterocycles. The summed E-state index contributed by atoms with van der Waals surface area (Å²) < 4.78 is 5.23. The summed E-state index contributed by atoms with van der Waals surface area (Å²) in [6.07, 6.45) is 0. The molecule has 0 amide bonds. The van der Waals surface area contributed by atoms with E-state index in [0.717, 1.165) is 5.56 Å². The molecule has 2 nitrogen and oxygen atoms in total. The first kappa shape index (κ1) is 11.5. The van der Waals surface area contributed by atoms with Gasteiger partial charge in [-0.15, -0.1) is 0 Å². The second-order valence-electron chi connectivity index (χ2n) is 3.83. The lowest BCUT2D eigenvalue weighted by atomic mass is 10.1. The van der Waals surface area contributed by atoms with Gasteiger partial charge in [-0.1, -0.05) is 38.6 Å². The van der Waals surface area contributed by atoms with Gasteiger partial charge in [-0.25, -0.2) is 4.79 Å². The van der Waals surface area contributed by atoms with Gasteiger partial charge in [-0.3, -0.25) is 0 Å². The Bertz CT molecular complexity index is 378. The van der Waals surface area contributed by atoms with Gasteiger partial charge < -0.3 is 4.74 Å². The van der Waals surface area contributed by atoms with Crippen LogP contribution in [0.3, 0.4) is 0 Å². The van der Waals surface area contributed by atoms with E-state index >= 15 is 0 Å². The van der Waals surface area contributed by atoms with Crippen LogP contribution in [0.1, 0.15) is 19.4 Å². The first-order chi connectivity index (χ1) is 7.02. The Kier molecular flexibility index (Phi) is 3.67. The quantitative estimate of drug-likeness (QED) is 0.429. The summed E-state index contributed by atoms with van der Waals surface area (Å²) in [6, 6.07) is 7.43. The SMILES string of the molecule is C=C(C(=O)Oc1ccccc1C)C(C)C. The zero-order valence-corrected chi connectivity index (χ0v) is 9.41. The van der Waals surface area contributed by atoms with Crippen molar-refractivity contribution >= 4 is 5.97 Å². The highest BCUT2D eigenvalue weighted by molar-refractivity contribution is 5.90. The predicted octanol–water partition coefficient (Wildman–Crippen LogP) is 3.11. The van der Waals surface area contributed by atoms with Crippen LogP contribution in [0.15, 0.2) is 36.4 Å². The zero-order chi connectivity index (χ0) is 11.4. The van der Waals surface area contributed by atoms with E-state index in [1.807, 2.05) is 39.0 Å². The first-order valence-electron chi connectivity index (χ1n) is 4.99. The molecule has 0 atom stereocenters. The standard InChI is InChI=1S/C13H16O2/c1-9(2)11(4)13(14)15-12-8-6-5-7-10(12)3/h5-9H,4H2,1-3H3. The molecule has 1 aromatic rings. The fourth-order valence-corrected chi connectivity index (χ4v) is 1.07. The molecule has 0 N–H and O–H groups in total. The van der Waals surface area contributed by atoms with Crippen molar-refractivity contribution in [3.63, 3.8) is 0 Å². The second-order valence-corrected chi connectivity index (χ2v) is 3.83. The Morgan fingerprint density at radius 3 is 2.47 bits per heavy atom. The largest absolute Gasteiger partial charge is 0.423 e. The summed E-state index contributed by atoms with van der Waals surface area (Å²) in [5.41, 5.74) is 1.45. The Hall–Kier alpha value is -1.57. The molecule has 0 aliphatic carbocycles. The van der Waals surface area contributed by atoms with Crippen molar-refractivity contribution in [1.29, 1.82) is 0 Å². The van der Waals surface area contributed by atoms with E-state index in [-0.39, 0.29) is 11.9 Å². The third kappa shape index (κ3) is 2.94. The molecule has 0 aromatic heterocycles. The number of aryl methyl sites for hydroxylation is 1. The van der Waals surface area contributed by atoms with Crippen molar-refractivity contribution in [2.75, 3.05) is 0 Å². The molecule has 1 rings (SSSR count). The van der Waals surface area contributed by atoms with Gasteiger partial charge in [0.1, 0.15) is 5.75 Å². The Labute approximate surface area is 90.6 Å². The summed E-state index contributed by atoms with van der Waals surface area (Å²) in [6.45, 7) is 9.45. The molecule has 0 spiro atoms. The summed E-state index contributed by atoms with van der Waals surface area (Å²) >= 11 is 0. The number of carbonyl (C=O) groups is 1. The summed E-state index contributed by atoms with van der Waals surface area (Å²) in [4.78, 5) is 11.6. The third-order valence-electron chi connectivity index (χ3n) is 2.26. The zero-order valence-electron chi connectivity index (χ0n) is 9.41. The summed E-state index contributed by atoms with van der Waals surface area (Å²) in [7, 11) is 0. The van der Waals surface area contributed by atoms with Crippen LogP contribution in [-0.4, -0.2) is 5.97 Å². The summed E-state index contributed by atoms with van der Waals surface area (Å²) in [5.74, 6) is 0.366. The highest BCUT2D eigenvalue weighted by atomic mass is 16.5. The van der Waals surface area contributed by atoms with Gasteiger partial charge in [0.05, 0.1) is 0 Å². The minimum Gasteiger partial charge on any atom is -0.423 e. The topological polar surface area (TPSA) is 26.3 Å². The number of para-hydroxylation sites is 1. The molecule has 80 valence electrons. The molecule has 0 fully saturated rings. The average Bonchev–Trinajstić information content (AvgIpc) is 2.20. The predicted molar refractivity (Wildman–Crippen MR) is 60.8 cm³/mol. The van der Waals surface area contributed by atoms with E-state index in [1.165, 1.54) is 0 Å². The lowest BCUT2D eigenvalue weighted by molar-refractivity contribution is -0.130. The van der Waals surface area contributed by atoms with Gasteiger partial charge in [0.15, 0.2) is 0 Å². The summed E-state index contributed by atoms with van der Waals surface area (Å²) in [5, 5.41) is 0. The van der Waals surface area contributed by atoms with Crippen LogP contribution in [0, 0.1) is 12.8 Å². The number of carbonyl (C=O) groups excluding carboxylic acids is 1. The van der Waals surface area contributed by atoms with Gasteiger partial charge in [0.2, 0.25) is 0 Å². The van der Waals surface area contributed by atoms with E-state index in [9.17, 15) is 4.79 Å². The highest BCUT2D eigenvalue weighted by Gasteiger charge is 2.13. The van der Waals surface area contributed by atoms with E-state index in [4.69, 9.17) is 4.74 Å². The maximum absolute atomic E-state index is 11.6. The Morgan fingerprint density at radius 1 is 1.33 bits per heavy atom. The monoisotopic (exact) mass is 204 g/mol. The second kappa shape index (κ2) is 4.78. The molecule has 2 heteroatoms. The van der Waals surface area contributed by atoms with Crippen molar-refractivity contribution in [3.05, 3.63) is 42.0 Å². The first-order valence-corrected chi connectivity index (χ1v) is 4.99. The maximum Gasteiger partial charge on any atom is 0.339 e. The lowest BCUT2D eigenvalue weighted by Gasteiger charge is -2.10. The number of rotatable bonds is 3.